The molecule has 2 aromatic rings. The van der Waals surface area contributed by atoms with Crippen molar-refractivity contribution in [1.29, 1.82) is 0 Å². The van der Waals surface area contributed by atoms with E-state index in [-0.39, 0.29) is 11.3 Å². The number of carbonyl (C=O) groups is 1. The Balaban J connectivity index is 1.54. The Morgan fingerprint density at radius 2 is 1.52 bits per heavy atom. The molecule has 144 valence electrons. The number of hydrogen-bond donors (Lipinski definition) is 0. The second-order valence-electron chi connectivity index (χ2n) is 8.18. The number of piperazine rings is 1. The van der Waals surface area contributed by atoms with Crippen molar-refractivity contribution in [2.75, 3.05) is 31.1 Å². The minimum absolute atomic E-state index is 0.0580. The molecule has 0 bridgehead atoms. The molecule has 1 aliphatic rings. The maximum atomic E-state index is 12.8. The number of carbonyl (C=O) groups excluding carboxylic acids is 1. The highest BCUT2D eigenvalue weighted by atomic mass is 16.5. The molecule has 4 nitrogen and oxygen atoms in total. The van der Waals surface area contributed by atoms with Crippen LogP contribution in [0.2, 0.25) is 0 Å². The summed E-state index contributed by atoms with van der Waals surface area (Å²) in [6.07, 6.45) is -0.478. The lowest BCUT2D eigenvalue weighted by atomic mass is 9.87. The van der Waals surface area contributed by atoms with Crippen molar-refractivity contribution in [2.45, 2.75) is 39.2 Å². The fourth-order valence-corrected chi connectivity index (χ4v) is 3.37. The van der Waals surface area contributed by atoms with Crippen molar-refractivity contribution in [2.24, 2.45) is 0 Å². The predicted octanol–water partition coefficient (Wildman–Crippen LogP) is 4.10. The second-order valence-corrected chi connectivity index (χ2v) is 8.18. The summed E-state index contributed by atoms with van der Waals surface area (Å²) < 4.78 is 5.90. The van der Waals surface area contributed by atoms with Crippen molar-refractivity contribution in [3.63, 3.8) is 0 Å². The fraction of sp³-hybridized carbons (Fsp3) is 0.435. The number of rotatable bonds is 4. The summed E-state index contributed by atoms with van der Waals surface area (Å²) in [5.41, 5.74) is 2.58. The van der Waals surface area contributed by atoms with Crippen LogP contribution in [0.3, 0.4) is 0 Å². The highest BCUT2D eigenvalue weighted by Gasteiger charge is 2.26. The second kappa shape index (κ2) is 8.03. The minimum Gasteiger partial charge on any atom is -0.481 e. The van der Waals surface area contributed by atoms with Gasteiger partial charge in [-0.3, -0.25) is 4.79 Å². The molecule has 0 N–H and O–H groups in total. The van der Waals surface area contributed by atoms with Crippen LogP contribution < -0.4 is 9.64 Å². The van der Waals surface area contributed by atoms with Crippen molar-refractivity contribution in [3.05, 3.63) is 60.2 Å². The van der Waals surface area contributed by atoms with E-state index in [0.717, 1.165) is 31.9 Å². The highest BCUT2D eigenvalue weighted by Crippen LogP contribution is 2.25. The molecule has 0 radical (unpaired) electrons. The molecule has 0 aliphatic carbocycles. The van der Waals surface area contributed by atoms with Gasteiger partial charge in [0, 0.05) is 31.9 Å². The number of ether oxygens (including phenoxy) is 1. The first-order valence-electron chi connectivity index (χ1n) is 9.70. The molecule has 1 unspecified atom stereocenters. The van der Waals surface area contributed by atoms with Crippen LogP contribution in [0.1, 0.15) is 33.3 Å². The van der Waals surface area contributed by atoms with Gasteiger partial charge in [-0.05, 0) is 42.2 Å². The Morgan fingerprint density at radius 3 is 2.07 bits per heavy atom. The van der Waals surface area contributed by atoms with Crippen LogP contribution in [0.25, 0.3) is 0 Å². The van der Waals surface area contributed by atoms with Gasteiger partial charge in [-0.25, -0.2) is 0 Å². The van der Waals surface area contributed by atoms with Crippen LogP contribution in [-0.2, 0) is 10.2 Å². The monoisotopic (exact) mass is 366 g/mol. The Labute approximate surface area is 162 Å². The SMILES string of the molecule is CC(Oc1ccc(C(C)(C)C)cc1)C(=O)N1CCN(c2ccccc2)CC1. The molecular formula is C23H30N2O2. The van der Waals surface area contributed by atoms with Crippen LogP contribution in [0, 0.1) is 0 Å². The lowest BCUT2D eigenvalue weighted by Crippen LogP contribution is -2.52. The van der Waals surface area contributed by atoms with Crippen molar-refractivity contribution in [3.8, 4) is 5.75 Å². The Morgan fingerprint density at radius 1 is 0.926 bits per heavy atom. The van der Waals surface area contributed by atoms with E-state index < -0.39 is 6.10 Å². The molecule has 0 aromatic heterocycles. The van der Waals surface area contributed by atoms with E-state index in [9.17, 15) is 4.79 Å². The fourth-order valence-electron chi connectivity index (χ4n) is 3.37. The molecule has 1 saturated heterocycles. The standard InChI is InChI=1S/C23H30N2O2/c1-18(27-21-12-10-19(11-13-21)23(2,3)4)22(26)25-16-14-24(15-17-25)20-8-6-5-7-9-20/h5-13,18H,14-17H2,1-4H3. The van der Waals surface area contributed by atoms with E-state index in [1.165, 1.54) is 11.3 Å². The molecule has 2 aromatic carbocycles. The Hall–Kier alpha value is -2.49. The summed E-state index contributed by atoms with van der Waals surface area (Å²) >= 11 is 0. The summed E-state index contributed by atoms with van der Waals surface area (Å²) in [6.45, 7) is 11.5. The van der Waals surface area contributed by atoms with Crippen LogP contribution in [0.15, 0.2) is 54.6 Å². The zero-order valence-electron chi connectivity index (χ0n) is 16.8. The Kier molecular flexibility index (Phi) is 5.73. The van der Waals surface area contributed by atoms with Crippen LogP contribution in [0.5, 0.6) is 5.75 Å². The first-order valence-corrected chi connectivity index (χ1v) is 9.70. The molecule has 0 spiro atoms. The number of benzene rings is 2. The van der Waals surface area contributed by atoms with E-state index in [4.69, 9.17) is 4.74 Å². The van der Waals surface area contributed by atoms with Gasteiger partial charge in [-0.2, -0.15) is 0 Å². The zero-order valence-corrected chi connectivity index (χ0v) is 16.8. The number of amides is 1. The minimum atomic E-state index is -0.478. The number of nitrogens with zero attached hydrogens (tertiary/aromatic N) is 2. The molecule has 3 rings (SSSR count). The van der Waals surface area contributed by atoms with Gasteiger partial charge < -0.3 is 14.5 Å². The van der Waals surface area contributed by atoms with E-state index in [1.54, 1.807) is 0 Å². The van der Waals surface area contributed by atoms with Crippen molar-refractivity contribution in [1.82, 2.24) is 4.90 Å². The van der Waals surface area contributed by atoms with Gasteiger partial charge >= 0.3 is 0 Å². The normalized spacial score (nSPS) is 16.1. The van der Waals surface area contributed by atoms with Crippen LogP contribution in [-0.4, -0.2) is 43.1 Å². The summed E-state index contributed by atoms with van der Waals surface area (Å²) in [7, 11) is 0. The molecular weight excluding hydrogens is 336 g/mol. The molecule has 1 amide bonds. The quantitative estimate of drug-likeness (QED) is 0.817. The van der Waals surface area contributed by atoms with Crippen molar-refractivity contribution < 1.29 is 9.53 Å². The lowest BCUT2D eigenvalue weighted by Gasteiger charge is -2.37. The summed E-state index contributed by atoms with van der Waals surface area (Å²) in [5.74, 6) is 0.800. The maximum absolute atomic E-state index is 12.8. The molecule has 1 aliphatic heterocycles. The molecule has 4 heteroatoms. The average Bonchev–Trinajstić information content (AvgIpc) is 2.68. The Bertz CT molecular complexity index is 742. The first-order chi connectivity index (χ1) is 12.8. The number of anilines is 1. The zero-order chi connectivity index (χ0) is 19.4. The van der Waals surface area contributed by atoms with Gasteiger partial charge in [-0.1, -0.05) is 51.1 Å². The van der Waals surface area contributed by atoms with Crippen LogP contribution in [0.4, 0.5) is 5.69 Å². The summed E-state index contributed by atoms with van der Waals surface area (Å²) in [5, 5.41) is 0. The highest BCUT2D eigenvalue weighted by molar-refractivity contribution is 5.81. The van der Waals surface area contributed by atoms with Gasteiger partial charge in [-0.15, -0.1) is 0 Å². The number of para-hydroxylation sites is 1. The molecule has 1 atom stereocenters. The van der Waals surface area contributed by atoms with Gasteiger partial charge in [0.25, 0.3) is 5.91 Å². The summed E-state index contributed by atoms with van der Waals surface area (Å²) in [4.78, 5) is 17.0. The largest absolute Gasteiger partial charge is 0.481 e. The lowest BCUT2D eigenvalue weighted by molar-refractivity contribution is -0.138. The smallest absolute Gasteiger partial charge is 0.263 e. The maximum Gasteiger partial charge on any atom is 0.263 e. The van der Waals surface area contributed by atoms with Gasteiger partial charge in [0.2, 0.25) is 0 Å². The van der Waals surface area contributed by atoms with E-state index >= 15 is 0 Å². The van der Waals surface area contributed by atoms with E-state index in [0.29, 0.717) is 0 Å². The van der Waals surface area contributed by atoms with Gasteiger partial charge in [0.05, 0.1) is 0 Å². The van der Waals surface area contributed by atoms with Gasteiger partial charge in [0.1, 0.15) is 5.75 Å². The third-order valence-corrected chi connectivity index (χ3v) is 5.09. The van der Waals surface area contributed by atoms with E-state index in [1.807, 2.05) is 42.2 Å². The topological polar surface area (TPSA) is 32.8 Å². The van der Waals surface area contributed by atoms with Crippen LogP contribution >= 0.6 is 0 Å². The molecule has 27 heavy (non-hydrogen) atoms. The third kappa shape index (κ3) is 4.82. The molecule has 1 heterocycles. The number of hydrogen-bond acceptors (Lipinski definition) is 3. The van der Waals surface area contributed by atoms with Gasteiger partial charge in [0.15, 0.2) is 6.10 Å². The third-order valence-electron chi connectivity index (χ3n) is 5.09. The van der Waals surface area contributed by atoms with E-state index in [2.05, 4.69) is 49.9 Å². The molecule has 1 fully saturated rings. The van der Waals surface area contributed by atoms with Crippen molar-refractivity contribution >= 4 is 11.6 Å². The summed E-state index contributed by atoms with van der Waals surface area (Å²) in [6, 6.07) is 18.4. The molecule has 0 saturated carbocycles. The predicted molar refractivity (Wildman–Crippen MR) is 110 cm³/mol. The first kappa shape index (κ1) is 19.3. The average molecular weight is 367 g/mol.